The molecular formula is C31H54INO. The summed E-state index contributed by atoms with van der Waals surface area (Å²) < 4.78 is 1.18. The van der Waals surface area contributed by atoms with Gasteiger partial charge in [-0.15, -0.1) is 0 Å². The van der Waals surface area contributed by atoms with Crippen LogP contribution in [0, 0.1) is 0 Å². The number of Topliss-reactive ketones (excluding diaryl/α,β-unsaturated/α-hetero) is 1. The number of halogens is 1. The second kappa shape index (κ2) is 17.9. The lowest BCUT2D eigenvalue weighted by Crippen LogP contribution is -3.00. The number of benzene rings is 1. The molecule has 2 rings (SSSR count). The molecule has 196 valence electrons. The molecule has 1 aromatic carbocycles. The molecule has 0 amide bonds. The predicted octanol–water partition coefficient (Wildman–Crippen LogP) is 6.09. The van der Waals surface area contributed by atoms with Crippen molar-refractivity contribution in [3.63, 3.8) is 0 Å². The zero-order chi connectivity index (χ0) is 23.9. The van der Waals surface area contributed by atoms with Crippen molar-refractivity contribution in [3.8, 4) is 0 Å². The maximum absolute atomic E-state index is 12.6. The van der Waals surface area contributed by atoms with E-state index in [4.69, 9.17) is 0 Å². The Morgan fingerprint density at radius 1 is 0.735 bits per heavy atom. The molecule has 0 spiro atoms. The third-order valence-corrected chi connectivity index (χ3v) is 8.20. The van der Waals surface area contributed by atoms with Crippen molar-refractivity contribution in [2.24, 2.45) is 0 Å². The highest BCUT2D eigenvalue weighted by Crippen LogP contribution is 2.36. The van der Waals surface area contributed by atoms with Crippen LogP contribution < -0.4 is 24.0 Å². The molecule has 0 aliphatic heterocycles. The van der Waals surface area contributed by atoms with E-state index >= 15 is 0 Å². The van der Waals surface area contributed by atoms with Crippen LogP contribution in [-0.2, 0) is 0 Å². The second-order valence-corrected chi connectivity index (χ2v) is 11.3. The van der Waals surface area contributed by atoms with Crippen LogP contribution in [0.15, 0.2) is 24.3 Å². The minimum Gasteiger partial charge on any atom is -1.00 e. The van der Waals surface area contributed by atoms with Crippen LogP contribution in [0.4, 0.5) is 0 Å². The molecule has 1 aliphatic carbocycles. The quantitative estimate of drug-likeness (QED) is 0.0940. The number of hydrogen-bond donors (Lipinski definition) is 0. The van der Waals surface area contributed by atoms with Crippen molar-refractivity contribution in [2.75, 3.05) is 20.6 Å². The topological polar surface area (TPSA) is 17.1 Å². The second-order valence-electron chi connectivity index (χ2n) is 11.3. The molecule has 2 nitrogen and oxygen atoms in total. The van der Waals surface area contributed by atoms with E-state index in [2.05, 4.69) is 52.2 Å². The van der Waals surface area contributed by atoms with E-state index in [-0.39, 0.29) is 24.0 Å². The molecule has 1 aliphatic rings. The Morgan fingerprint density at radius 2 is 1.24 bits per heavy atom. The number of ketones is 1. The molecule has 1 fully saturated rings. The van der Waals surface area contributed by atoms with Gasteiger partial charge in [-0.1, -0.05) is 102 Å². The molecule has 34 heavy (non-hydrogen) atoms. The largest absolute Gasteiger partial charge is 1.00 e. The summed E-state index contributed by atoms with van der Waals surface area (Å²) >= 11 is 0. The van der Waals surface area contributed by atoms with Crippen molar-refractivity contribution < 1.29 is 33.3 Å². The Balaban J connectivity index is 0.00000578. The molecule has 0 unspecified atom stereocenters. The fourth-order valence-electron chi connectivity index (χ4n) is 5.90. The molecule has 0 saturated heterocycles. The van der Waals surface area contributed by atoms with Crippen LogP contribution in [-0.4, -0.2) is 36.9 Å². The Bertz CT molecular complexity index is 646. The number of carbonyl (C=O) groups is 1. The van der Waals surface area contributed by atoms with E-state index in [0.717, 1.165) is 18.0 Å². The van der Waals surface area contributed by atoms with E-state index in [9.17, 15) is 4.79 Å². The average molecular weight is 584 g/mol. The third kappa shape index (κ3) is 11.5. The summed E-state index contributed by atoms with van der Waals surface area (Å²) in [7, 11) is 4.81. The Kier molecular flexibility index (Phi) is 16.7. The third-order valence-electron chi connectivity index (χ3n) is 8.20. The Labute approximate surface area is 229 Å². The van der Waals surface area contributed by atoms with Crippen LogP contribution in [0.5, 0.6) is 0 Å². The maximum atomic E-state index is 12.6. The zero-order valence-corrected chi connectivity index (χ0v) is 25.1. The van der Waals surface area contributed by atoms with Gasteiger partial charge in [-0.3, -0.25) is 4.79 Å². The first-order valence-corrected chi connectivity index (χ1v) is 14.4. The number of hydrogen-bond acceptors (Lipinski definition) is 1. The molecule has 0 N–H and O–H groups in total. The highest BCUT2D eigenvalue weighted by Gasteiger charge is 2.32. The van der Waals surface area contributed by atoms with Crippen molar-refractivity contribution in [2.45, 2.75) is 135 Å². The van der Waals surface area contributed by atoms with Gasteiger partial charge in [0.25, 0.3) is 0 Å². The summed E-state index contributed by atoms with van der Waals surface area (Å²) in [6.45, 7) is 5.86. The average Bonchev–Trinajstić information content (AvgIpc) is 2.82. The highest BCUT2D eigenvalue weighted by molar-refractivity contribution is 5.96. The Hall–Kier alpha value is -0.420. The minimum absolute atomic E-state index is 0. The summed E-state index contributed by atoms with van der Waals surface area (Å²) in [5.41, 5.74) is 2.36. The molecule has 0 heterocycles. The first kappa shape index (κ1) is 31.6. The molecule has 0 bridgehead atoms. The first-order chi connectivity index (χ1) is 16.0. The summed E-state index contributed by atoms with van der Waals surface area (Å²) in [6.07, 6.45) is 21.9. The van der Waals surface area contributed by atoms with E-state index in [0.29, 0.717) is 18.1 Å². The van der Waals surface area contributed by atoms with Crippen molar-refractivity contribution in [3.05, 3.63) is 35.4 Å². The van der Waals surface area contributed by atoms with Crippen LogP contribution in [0.1, 0.15) is 145 Å². The van der Waals surface area contributed by atoms with Gasteiger partial charge in [-0.25, -0.2) is 0 Å². The van der Waals surface area contributed by atoms with Crippen molar-refractivity contribution in [1.29, 1.82) is 0 Å². The minimum atomic E-state index is 0. The lowest BCUT2D eigenvalue weighted by Gasteiger charge is -2.41. The van der Waals surface area contributed by atoms with Gasteiger partial charge in [-0.2, -0.15) is 0 Å². The molecule has 1 saturated carbocycles. The number of carbonyl (C=O) groups excluding carboxylic acids is 1. The number of rotatable bonds is 17. The molecule has 1 aromatic rings. The van der Waals surface area contributed by atoms with Crippen molar-refractivity contribution in [1.82, 2.24) is 0 Å². The number of quaternary nitrogens is 1. The maximum Gasteiger partial charge on any atom is 0.162 e. The van der Waals surface area contributed by atoms with E-state index in [1.165, 1.54) is 113 Å². The summed E-state index contributed by atoms with van der Waals surface area (Å²) in [4.78, 5) is 12.6. The van der Waals surface area contributed by atoms with Crippen LogP contribution >= 0.6 is 0 Å². The van der Waals surface area contributed by atoms with Gasteiger partial charge in [-0.05, 0) is 37.2 Å². The Morgan fingerprint density at radius 3 is 1.74 bits per heavy atom. The lowest BCUT2D eigenvalue weighted by molar-refractivity contribution is -0.916. The van der Waals surface area contributed by atoms with Gasteiger partial charge in [0.05, 0.1) is 26.7 Å². The summed E-state index contributed by atoms with van der Waals surface area (Å²) in [6, 6.07) is 9.49. The molecular weight excluding hydrogens is 529 g/mol. The van der Waals surface area contributed by atoms with Gasteiger partial charge >= 0.3 is 0 Å². The lowest BCUT2D eigenvalue weighted by atomic mass is 9.80. The van der Waals surface area contributed by atoms with Gasteiger partial charge in [0, 0.05) is 24.8 Å². The molecule has 0 aromatic heterocycles. The predicted molar refractivity (Wildman–Crippen MR) is 144 cm³/mol. The number of unbranched alkanes of at least 4 members (excludes halogenated alkanes) is 10. The van der Waals surface area contributed by atoms with Crippen LogP contribution in [0.25, 0.3) is 0 Å². The summed E-state index contributed by atoms with van der Waals surface area (Å²) in [5, 5.41) is 0. The highest BCUT2D eigenvalue weighted by atomic mass is 127. The fourth-order valence-corrected chi connectivity index (χ4v) is 5.90. The monoisotopic (exact) mass is 583 g/mol. The molecule has 3 heteroatoms. The van der Waals surface area contributed by atoms with Gasteiger partial charge < -0.3 is 28.5 Å². The first-order valence-electron chi connectivity index (χ1n) is 14.4. The normalized spacial score (nSPS) is 18.5. The zero-order valence-electron chi connectivity index (χ0n) is 22.9. The number of nitrogens with zero attached hydrogens (tertiary/aromatic N) is 1. The standard InChI is InChI=1S/C31H54NO.HI/c1-5-7-8-9-10-11-12-13-14-15-16-17-31(33)29-20-18-27(19-21-29)28-22-24-30(25-23-28)32(3,4)26-6-2;/h18-21,28,30H,5-17,22-26H2,1-4H3;1H/q+1;/p-1. The van der Waals surface area contributed by atoms with Gasteiger partial charge in [0.1, 0.15) is 0 Å². The van der Waals surface area contributed by atoms with Gasteiger partial charge in [0.2, 0.25) is 0 Å². The SMILES string of the molecule is CCCCCCCCCCCCCC(=O)c1ccc(C2CCC([N+](C)(C)CCC)CC2)cc1.[I-]. The molecule has 0 radical (unpaired) electrons. The van der Waals surface area contributed by atoms with Crippen LogP contribution in [0.3, 0.4) is 0 Å². The van der Waals surface area contributed by atoms with E-state index < -0.39 is 0 Å². The summed E-state index contributed by atoms with van der Waals surface area (Å²) in [5.74, 6) is 1.01. The van der Waals surface area contributed by atoms with Gasteiger partial charge in [0.15, 0.2) is 5.78 Å². The van der Waals surface area contributed by atoms with E-state index in [1.807, 2.05) is 0 Å². The molecule has 0 atom stereocenters. The van der Waals surface area contributed by atoms with E-state index in [1.54, 1.807) is 0 Å². The van der Waals surface area contributed by atoms with Crippen LogP contribution in [0.2, 0.25) is 0 Å². The fraction of sp³-hybridized carbons (Fsp3) is 0.774. The smallest absolute Gasteiger partial charge is 0.162 e. The van der Waals surface area contributed by atoms with Crippen molar-refractivity contribution >= 4 is 5.78 Å².